The third kappa shape index (κ3) is 4.94. The molecule has 1 aromatic heterocycles. The minimum Gasteiger partial charge on any atom is -0.391 e. The van der Waals surface area contributed by atoms with Gasteiger partial charge in [0.2, 0.25) is 0 Å². The van der Waals surface area contributed by atoms with E-state index in [1.165, 1.54) is 10.5 Å². The molecule has 0 saturated heterocycles. The van der Waals surface area contributed by atoms with Gasteiger partial charge in [0.05, 0.1) is 10.6 Å². The van der Waals surface area contributed by atoms with Crippen molar-refractivity contribution in [1.29, 1.82) is 0 Å². The van der Waals surface area contributed by atoms with Gasteiger partial charge in [0.25, 0.3) is 0 Å². The minimum atomic E-state index is 0.254. The smallest absolute Gasteiger partial charge is 0.159 e. The van der Waals surface area contributed by atoms with Crippen LogP contribution < -0.4 is 5.32 Å². The van der Waals surface area contributed by atoms with Crippen LogP contribution >= 0.6 is 27.3 Å². The molecule has 1 aromatic rings. The SMILES string of the molecule is C=CNCCc1nc(Br)sc1C(=C)CC(C)(C)C. The van der Waals surface area contributed by atoms with Gasteiger partial charge < -0.3 is 5.32 Å². The molecule has 18 heavy (non-hydrogen) atoms. The second kappa shape index (κ2) is 6.53. The molecule has 1 N–H and O–H groups in total. The highest BCUT2D eigenvalue weighted by atomic mass is 79.9. The first kappa shape index (κ1) is 15.4. The molecule has 1 rings (SSSR count). The van der Waals surface area contributed by atoms with Gasteiger partial charge in [0.1, 0.15) is 0 Å². The minimum absolute atomic E-state index is 0.254. The van der Waals surface area contributed by atoms with Crippen LogP contribution in [0.15, 0.2) is 23.3 Å². The second-order valence-electron chi connectivity index (χ2n) is 5.49. The first-order valence-electron chi connectivity index (χ1n) is 6.01. The van der Waals surface area contributed by atoms with Crippen molar-refractivity contribution >= 4 is 32.8 Å². The number of thiazole rings is 1. The van der Waals surface area contributed by atoms with Crippen molar-refractivity contribution in [2.24, 2.45) is 5.41 Å². The summed E-state index contributed by atoms with van der Waals surface area (Å²) in [5, 5.41) is 3.10. The molecule has 0 unspecified atom stereocenters. The van der Waals surface area contributed by atoms with Crippen LogP contribution in [0.2, 0.25) is 0 Å². The van der Waals surface area contributed by atoms with E-state index in [0.29, 0.717) is 0 Å². The number of allylic oxidation sites excluding steroid dienone is 1. The Kier molecular flexibility index (Phi) is 5.60. The van der Waals surface area contributed by atoms with Crippen LogP contribution in [0.5, 0.6) is 0 Å². The summed E-state index contributed by atoms with van der Waals surface area (Å²) in [6.45, 7) is 15.4. The van der Waals surface area contributed by atoms with Crippen molar-refractivity contribution in [3.05, 3.63) is 33.8 Å². The van der Waals surface area contributed by atoms with Gasteiger partial charge in [-0.2, -0.15) is 0 Å². The molecule has 0 bridgehead atoms. The van der Waals surface area contributed by atoms with Crippen LogP contribution in [0.1, 0.15) is 37.8 Å². The quantitative estimate of drug-likeness (QED) is 0.770. The number of hydrogen-bond acceptors (Lipinski definition) is 3. The first-order valence-corrected chi connectivity index (χ1v) is 7.62. The Morgan fingerprint density at radius 3 is 2.72 bits per heavy atom. The summed E-state index contributed by atoms with van der Waals surface area (Å²) in [7, 11) is 0. The Bertz CT molecular complexity index is 429. The zero-order valence-electron chi connectivity index (χ0n) is 11.3. The van der Waals surface area contributed by atoms with Gasteiger partial charge in [0.15, 0.2) is 3.92 Å². The summed E-state index contributed by atoms with van der Waals surface area (Å²) in [5.41, 5.74) is 2.55. The maximum absolute atomic E-state index is 4.53. The molecule has 0 aromatic carbocycles. The lowest BCUT2D eigenvalue weighted by atomic mass is 9.87. The molecule has 1 heterocycles. The average Bonchev–Trinajstić information content (AvgIpc) is 2.58. The molecule has 0 aliphatic heterocycles. The predicted octanol–water partition coefficient (Wildman–Crippen LogP) is 4.63. The Morgan fingerprint density at radius 1 is 1.50 bits per heavy atom. The van der Waals surface area contributed by atoms with Crippen LogP contribution in [-0.2, 0) is 6.42 Å². The molecule has 0 amide bonds. The third-order valence-corrected chi connectivity index (χ3v) is 4.04. The zero-order chi connectivity index (χ0) is 13.8. The molecule has 0 atom stereocenters. The fourth-order valence-corrected chi connectivity index (χ4v) is 3.29. The van der Waals surface area contributed by atoms with Crippen molar-refractivity contribution in [3.63, 3.8) is 0 Å². The molecule has 0 aliphatic carbocycles. The van der Waals surface area contributed by atoms with E-state index in [1.54, 1.807) is 17.5 Å². The third-order valence-electron chi connectivity index (χ3n) is 2.39. The van der Waals surface area contributed by atoms with Gasteiger partial charge in [0, 0.05) is 13.0 Å². The Labute approximate surface area is 122 Å². The monoisotopic (exact) mass is 328 g/mol. The number of halogens is 1. The number of rotatable bonds is 6. The van der Waals surface area contributed by atoms with Crippen molar-refractivity contribution < 1.29 is 0 Å². The molecule has 100 valence electrons. The largest absolute Gasteiger partial charge is 0.391 e. The zero-order valence-corrected chi connectivity index (χ0v) is 13.7. The van der Waals surface area contributed by atoms with Gasteiger partial charge in [-0.25, -0.2) is 4.98 Å². The van der Waals surface area contributed by atoms with Gasteiger partial charge in [-0.1, -0.05) is 33.9 Å². The Hall–Kier alpha value is -0.610. The highest BCUT2D eigenvalue weighted by Gasteiger charge is 2.18. The molecule has 0 saturated carbocycles. The number of nitrogens with one attached hydrogen (secondary N) is 1. The van der Waals surface area contributed by atoms with Crippen LogP contribution in [0.4, 0.5) is 0 Å². The molecule has 4 heteroatoms. The maximum Gasteiger partial charge on any atom is 0.159 e. The average molecular weight is 329 g/mol. The summed E-state index contributed by atoms with van der Waals surface area (Å²) in [4.78, 5) is 5.76. The van der Waals surface area contributed by atoms with Crippen LogP contribution in [0, 0.1) is 5.41 Å². The van der Waals surface area contributed by atoms with Crippen LogP contribution in [0.3, 0.4) is 0 Å². The molecule has 0 radical (unpaired) electrons. The van der Waals surface area contributed by atoms with E-state index in [0.717, 1.165) is 29.0 Å². The highest BCUT2D eigenvalue weighted by molar-refractivity contribution is 9.11. The van der Waals surface area contributed by atoms with Crippen molar-refractivity contribution in [2.75, 3.05) is 6.54 Å². The van der Waals surface area contributed by atoms with E-state index in [4.69, 9.17) is 0 Å². The Balaban J connectivity index is 2.80. The van der Waals surface area contributed by atoms with Crippen molar-refractivity contribution in [2.45, 2.75) is 33.6 Å². The van der Waals surface area contributed by atoms with Gasteiger partial charge >= 0.3 is 0 Å². The van der Waals surface area contributed by atoms with E-state index in [1.807, 2.05) is 0 Å². The second-order valence-corrected chi connectivity index (χ2v) is 7.77. The van der Waals surface area contributed by atoms with E-state index in [9.17, 15) is 0 Å². The van der Waals surface area contributed by atoms with E-state index >= 15 is 0 Å². The number of aromatic nitrogens is 1. The first-order chi connectivity index (χ1) is 8.33. The van der Waals surface area contributed by atoms with E-state index < -0.39 is 0 Å². The summed E-state index contributed by atoms with van der Waals surface area (Å²) in [6, 6.07) is 0. The number of hydrogen-bond donors (Lipinski definition) is 1. The summed E-state index contributed by atoms with van der Waals surface area (Å²) in [5.74, 6) is 0. The molecule has 0 aliphatic rings. The molecular formula is C14H21BrN2S. The lowest BCUT2D eigenvalue weighted by Gasteiger charge is -2.19. The molecular weight excluding hydrogens is 308 g/mol. The van der Waals surface area contributed by atoms with E-state index in [2.05, 4.69) is 60.2 Å². The van der Waals surface area contributed by atoms with Crippen molar-refractivity contribution in [3.8, 4) is 0 Å². The van der Waals surface area contributed by atoms with E-state index in [-0.39, 0.29) is 5.41 Å². The molecule has 0 spiro atoms. The standard InChI is InChI=1S/C14H21BrN2S/c1-6-16-8-7-11-12(18-13(15)17-11)10(2)9-14(3,4)5/h6,16H,1-2,7-9H2,3-5H3. The molecule has 2 nitrogen and oxygen atoms in total. The normalized spacial score (nSPS) is 11.3. The Morgan fingerprint density at radius 2 is 2.17 bits per heavy atom. The fraction of sp³-hybridized carbons (Fsp3) is 0.500. The van der Waals surface area contributed by atoms with Gasteiger partial charge in [-0.15, -0.1) is 11.3 Å². The lowest BCUT2D eigenvalue weighted by molar-refractivity contribution is 0.428. The summed E-state index contributed by atoms with van der Waals surface area (Å²) >= 11 is 5.14. The maximum atomic E-state index is 4.53. The highest BCUT2D eigenvalue weighted by Crippen LogP contribution is 2.35. The fourth-order valence-electron chi connectivity index (χ4n) is 1.78. The predicted molar refractivity (Wildman–Crippen MR) is 84.8 cm³/mol. The molecule has 0 fully saturated rings. The van der Waals surface area contributed by atoms with Gasteiger partial charge in [-0.05, 0) is 39.5 Å². The summed E-state index contributed by atoms with van der Waals surface area (Å²) < 4.78 is 0.932. The van der Waals surface area contributed by atoms with Crippen molar-refractivity contribution in [1.82, 2.24) is 10.3 Å². The van der Waals surface area contributed by atoms with Crippen LogP contribution in [0.25, 0.3) is 5.57 Å². The summed E-state index contributed by atoms with van der Waals surface area (Å²) in [6.07, 6.45) is 3.60. The topological polar surface area (TPSA) is 24.9 Å². The van der Waals surface area contributed by atoms with Crippen LogP contribution in [-0.4, -0.2) is 11.5 Å². The lowest BCUT2D eigenvalue weighted by Crippen LogP contribution is -2.11. The van der Waals surface area contributed by atoms with Gasteiger partial charge in [-0.3, -0.25) is 0 Å². The number of nitrogens with zero attached hydrogens (tertiary/aromatic N) is 1.